The topological polar surface area (TPSA) is 47.6 Å². The van der Waals surface area contributed by atoms with Gasteiger partial charge in [-0.05, 0) is 35.9 Å². The molecule has 0 saturated heterocycles. The Balaban J connectivity index is 1.51. The molecule has 126 valence electrons. The first-order chi connectivity index (χ1) is 11.6. The fourth-order valence-electron chi connectivity index (χ4n) is 2.18. The fraction of sp³-hybridized carbons (Fsp3) is 0.235. The summed E-state index contributed by atoms with van der Waals surface area (Å²) in [5.41, 5.74) is 0.957. The Labute approximate surface area is 154 Å². The molecule has 1 amide bonds. The first-order valence-corrected chi connectivity index (χ1v) is 9.09. The van der Waals surface area contributed by atoms with Crippen molar-refractivity contribution in [3.8, 4) is 11.5 Å². The molecule has 1 heterocycles. The zero-order valence-corrected chi connectivity index (χ0v) is 15.0. The third-order valence-corrected chi connectivity index (χ3v) is 5.08. The number of benzene rings is 2. The molecule has 0 atom stereocenters. The first kappa shape index (κ1) is 17.3. The van der Waals surface area contributed by atoms with Crippen LogP contribution in [0.25, 0.3) is 0 Å². The van der Waals surface area contributed by atoms with E-state index in [2.05, 4.69) is 5.32 Å². The van der Waals surface area contributed by atoms with Crippen LogP contribution in [0.3, 0.4) is 0 Å². The van der Waals surface area contributed by atoms with E-state index in [0.29, 0.717) is 35.6 Å². The predicted molar refractivity (Wildman–Crippen MR) is 96.5 cm³/mol. The van der Waals surface area contributed by atoms with Gasteiger partial charge in [0.15, 0.2) is 11.5 Å². The van der Waals surface area contributed by atoms with Crippen LogP contribution >= 0.6 is 35.0 Å². The lowest BCUT2D eigenvalue weighted by Gasteiger charge is -2.19. The van der Waals surface area contributed by atoms with Gasteiger partial charge in [0.1, 0.15) is 13.2 Å². The number of hydrogen-bond donors (Lipinski definition) is 1. The van der Waals surface area contributed by atoms with Gasteiger partial charge in [-0.25, -0.2) is 0 Å². The van der Waals surface area contributed by atoms with Gasteiger partial charge in [0.2, 0.25) is 5.91 Å². The maximum atomic E-state index is 12.0. The number of ether oxygens (including phenoxy) is 2. The van der Waals surface area contributed by atoms with Crippen LogP contribution in [-0.2, 0) is 11.3 Å². The van der Waals surface area contributed by atoms with Crippen molar-refractivity contribution in [2.45, 2.75) is 11.4 Å². The van der Waals surface area contributed by atoms with Crippen molar-refractivity contribution in [2.24, 2.45) is 0 Å². The average molecular weight is 384 g/mol. The van der Waals surface area contributed by atoms with Crippen LogP contribution in [-0.4, -0.2) is 24.9 Å². The van der Waals surface area contributed by atoms with E-state index in [0.717, 1.165) is 16.2 Å². The molecule has 0 radical (unpaired) electrons. The van der Waals surface area contributed by atoms with Crippen molar-refractivity contribution >= 4 is 40.9 Å². The van der Waals surface area contributed by atoms with Gasteiger partial charge in [0.25, 0.3) is 0 Å². The van der Waals surface area contributed by atoms with Gasteiger partial charge in [-0.3, -0.25) is 4.79 Å². The molecule has 7 heteroatoms. The molecular formula is C17H15Cl2NO3S. The number of amides is 1. The number of halogens is 2. The summed E-state index contributed by atoms with van der Waals surface area (Å²) in [7, 11) is 0. The van der Waals surface area contributed by atoms with Crippen LogP contribution in [0.5, 0.6) is 11.5 Å². The normalized spacial score (nSPS) is 12.8. The largest absolute Gasteiger partial charge is 0.486 e. The maximum Gasteiger partial charge on any atom is 0.230 e. The van der Waals surface area contributed by atoms with E-state index in [1.54, 1.807) is 18.2 Å². The van der Waals surface area contributed by atoms with Crippen molar-refractivity contribution in [2.75, 3.05) is 19.0 Å². The van der Waals surface area contributed by atoms with Gasteiger partial charge in [-0.2, -0.15) is 0 Å². The van der Waals surface area contributed by atoms with Crippen molar-refractivity contribution in [1.29, 1.82) is 0 Å². The number of rotatable bonds is 5. The van der Waals surface area contributed by atoms with Gasteiger partial charge < -0.3 is 14.8 Å². The van der Waals surface area contributed by atoms with Crippen LogP contribution in [0.15, 0.2) is 41.3 Å². The third-order valence-electron chi connectivity index (χ3n) is 3.35. The molecule has 0 saturated carbocycles. The molecule has 1 aliphatic heterocycles. The maximum absolute atomic E-state index is 12.0. The minimum atomic E-state index is -0.0778. The van der Waals surface area contributed by atoms with Gasteiger partial charge in [-0.1, -0.05) is 29.3 Å². The van der Waals surface area contributed by atoms with Crippen LogP contribution in [0, 0.1) is 0 Å². The number of thioether (sulfide) groups is 1. The van der Waals surface area contributed by atoms with Crippen LogP contribution < -0.4 is 14.8 Å². The highest BCUT2D eigenvalue weighted by Crippen LogP contribution is 2.31. The van der Waals surface area contributed by atoms with Gasteiger partial charge in [0, 0.05) is 16.5 Å². The van der Waals surface area contributed by atoms with Crippen molar-refractivity contribution in [3.63, 3.8) is 0 Å². The molecule has 24 heavy (non-hydrogen) atoms. The summed E-state index contributed by atoms with van der Waals surface area (Å²) < 4.78 is 11.0. The second kappa shape index (κ2) is 8.01. The summed E-state index contributed by atoms with van der Waals surface area (Å²) >= 11 is 13.4. The Bertz CT molecular complexity index is 755. The molecule has 4 nitrogen and oxygen atoms in total. The number of fused-ring (bicyclic) bond motifs is 1. The molecule has 1 N–H and O–H groups in total. The summed E-state index contributed by atoms with van der Waals surface area (Å²) in [5.74, 6) is 1.64. The van der Waals surface area contributed by atoms with E-state index >= 15 is 0 Å². The zero-order valence-electron chi connectivity index (χ0n) is 12.7. The second-order valence-electron chi connectivity index (χ2n) is 5.12. The third kappa shape index (κ3) is 4.50. The van der Waals surface area contributed by atoms with Gasteiger partial charge in [-0.15, -0.1) is 11.8 Å². The molecule has 2 aromatic carbocycles. The zero-order chi connectivity index (χ0) is 16.9. The molecule has 0 spiro atoms. The Morgan fingerprint density at radius 3 is 2.71 bits per heavy atom. The summed E-state index contributed by atoms with van der Waals surface area (Å²) in [6.07, 6.45) is 0. The molecule has 0 unspecified atom stereocenters. The van der Waals surface area contributed by atoms with Gasteiger partial charge in [0.05, 0.1) is 10.8 Å². The summed E-state index contributed by atoms with van der Waals surface area (Å²) in [5, 5.41) is 4.06. The summed E-state index contributed by atoms with van der Waals surface area (Å²) in [6, 6.07) is 10.8. The van der Waals surface area contributed by atoms with Crippen LogP contribution in [0.1, 0.15) is 5.56 Å². The molecule has 1 aliphatic rings. The Morgan fingerprint density at radius 2 is 1.88 bits per heavy atom. The Morgan fingerprint density at radius 1 is 1.08 bits per heavy atom. The quantitative estimate of drug-likeness (QED) is 0.786. The van der Waals surface area contributed by atoms with Crippen molar-refractivity contribution in [1.82, 2.24) is 5.32 Å². The fourth-order valence-corrected chi connectivity index (χ4v) is 3.50. The van der Waals surface area contributed by atoms with Crippen LogP contribution in [0.2, 0.25) is 10.0 Å². The standard InChI is InChI=1S/C17H15Cl2NO3S/c18-12-2-3-13(19)16(8-12)24-10-17(21)20-9-11-1-4-14-15(7-11)23-6-5-22-14/h1-4,7-8H,5-6,9-10H2,(H,20,21). The smallest absolute Gasteiger partial charge is 0.230 e. The highest BCUT2D eigenvalue weighted by atomic mass is 35.5. The minimum absolute atomic E-state index is 0.0778. The molecule has 2 aromatic rings. The Hall–Kier alpha value is -1.56. The van der Waals surface area contributed by atoms with Crippen molar-refractivity contribution < 1.29 is 14.3 Å². The number of carbonyl (C=O) groups excluding carboxylic acids is 1. The van der Waals surface area contributed by atoms with E-state index < -0.39 is 0 Å². The lowest BCUT2D eigenvalue weighted by Crippen LogP contribution is -2.24. The highest BCUT2D eigenvalue weighted by molar-refractivity contribution is 8.00. The molecule has 0 aliphatic carbocycles. The second-order valence-corrected chi connectivity index (χ2v) is 6.98. The van der Waals surface area contributed by atoms with Gasteiger partial charge >= 0.3 is 0 Å². The molecule has 0 bridgehead atoms. The van der Waals surface area contributed by atoms with E-state index in [4.69, 9.17) is 32.7 Å². The number of carbonyl (C=O) groups is 1. The van der Waals surface area contributed by atoms with E-state index in [-0.39, 0.29) is 11.7 Å². The van der Waals surface area contributed by atoms with E-state index in [1.165, 1.54) is 11.8 Å². The minimum Gasteiger partial charge on any atom is -0.486 e. The lowest BCUT2D eigenvalue weighted by molar-refractivity contribution is -0.118. The summed E-state index contributed by atoms with van der Waals surface area (Å²) in [4.78, 5) is 12.8. The average Bonchev–Trinajstić information content (AvgIpc) is 2.60. The van der Waals surface area contributed by atoms with Crippen LogP contribution in [0.4, 0.5) is 0 Å². The molecule has 3 rings (SSSR count). The van der Waals surface area contributed by atoms with E-state index in [9.17, 15) is 4.79 Å². The monoisotopic (exact) mass is 383 g/mol. The lowest BCUT2D eigenvalue weighted by atomic mass is 10.2. The Kier molecular flexibility index (Phi) is 5.76. The highest BCUT2D eigenvalue weighted by Gasteiger charge is 2.12. The first-order valence-electron chi connectivity index (χ1n) is 7.35. The predicted octanol–water partition coefficient (Wildman–Crippen LogP) is 4.17. The summed E-state index contributed by atoms with van der Waals surface area (Å²) in [6.45, 7) is 1.53. The van der Waals surface area contributed by atoms with Crippen molar-refractivity contribution in [3.05, 3.63) is 52.0 Å². The number of hydrogen-bond acceptors (Lipinski definition) is 4. The molecule has 0 aromatic heterocycles. The SMILES string of the molecule is O=C(CSc1cc(Cl)ccc1Cl)NCc1ccc2c(c1)OCCO2. The number of nitrogens with one attached hydrogen (secondary N) is 1. The molecule has 0 fully saturated rings. The van der Waals surface area contributed by atoms with E-state index in [1.807, 2.05) is 18.2 Å². The molecular weight excluding hydrogens is 369 g/mol.